The third kappa shape index (κ3) is 5.25. The van der Waals surface area contributed by atoms with Gasteiger partial charge in [0, 0.05) is 18.5 Å². The number of likely N-dealkylation sites (N-methyl/N-ethyl adjacent to an activating group) is 1. The Bertz CT molecular complexity index is 362. The first-order chi connectivity index (χ1) is 7.99. The number of carbonyl (C=O) groups is 1. The molecule has 1 atom stereocenters. The number of rotatable bonds is 6. The minimum atomic E-state index is -0.0643. The molecule has 0 fully saturated rings. The molecule has 0 aliphatic heterocycles. The van der Waals surface area contributed by atoms with Gasteiger partial charge in [0.1, 0.15) is 5.01 Å². The molecule has 0 aromatic carbocycles. The molecule has 1 unspecified atom stereocenters. The Labute approximate surface area is 106 Å². The fraction of sp³-hybridized carbons (Fsp3) is 0.636. The quantitative estimate of drug-likeness (QED) is 0.772. The minimum Gasteiger partial charge on any atom is -0.354 e. The monoisotopic (exact) mass is 256 g/mol. The summed E-state index contributed by atoms with van der Waals surface area (Å²) in [5.41, 5.74) is 6.51. The van der Waals surface area contributed by atoms with Gasteiger partial charge >= 0.3 is 0 Å². The molecule has 3 N–H and O–H groups in total. The molecule has 1 rings (SSSR count). The van der Waals surface area contributed by atoms with Crippen LogP contribution in [0.2, 0.25) is 0 Å². The summed E-state index contributed by atoms with van der Waals surface area (Å²) in [5, 5.41) is 5.62. The van der Waals surface area contributed by atoms with Gasteiger partial charge in [0.05, 0.1) is 18.2 Å². The molecule has 6 heteroatoms. The number of hydrogen-bond acceptors (Lipinski definition) is 5. The van der Waals surface area contributed by atoms with Crippen molar-refractivity contribution in [3.63, 3.8) is 0 Å². The molecular weight excluding hydrogens is 236 g/mol. The van der Waals surface area contributed by atoms with Crippen LogP contribution in [-0.2, 0) is 11.2 Å². The second-order valence-corrected chi connectivity index (χ2v) is 5.19. The molecule has 0 saturated heterocycles. The van der Waals surface area contributed by atoms with Crippen LogP contribution in [0.15, 0.2) is 5.38 Å². The first-order valence-electron chi connectivity index (χ1n) is 5.60. The van der Waals surface area contributed by atoms with Crippen molar-refractivity contribution in [3.05, 3.63) is 16.1 Å². The fourth-order valence-electron chi connectivity index (χ4n) is 1.26. The summed E-state index contributed by atoms with van der Waals surface area (Å²) in [6, 6.07) is -0.0643. The smallest absolute Gasteiger partial charge is 0.226 e. The van der Waals surface area contributed by atoms with E-state index in [4.69, 9.17) is 5.73 Å². The minimum absolute atomic E-state index is 0.00775. The van der Waals surface area contributed by atoms with Crippen molar-refractivity contribution in [2.24, 2.45) is 5.73 Å². The molecule has 5 nitrogen and oxygen atoms in total. The van der Waals surface area contributed by atoms with E-state index < -0.39 is 0 Å². The number of carbonyl (C=O) groups excluding carboxylic acids is 1. The first-order valence-corrected chi connectivity index (χ1v) is 6.48. The van der Waals surface area contributed by atoms with Crippen LogP contribution in [0.25, 0.3) is 0 Å². The molecule has 0 spiro atoms. The summed E-state index contributed by atoms with van der Waals surface area (Å²) in [6.07, 6.45) is 0.330. The summed E-state index contributed by atoms with van der Waals surface area (Å²) < 4.78 is 0. The van der Waals surface area contributed by atoms with Crippen LogP contribution >= 0.6 is 11.3 Å². The lowest BCUT2D eigenvalue weighted by Crippen LogP contribution is -2.32. The first kappa shape index (κ1) is 14.1. The SMILES string of the molecule is CC(N)c1nc(CC(=O)NCCN(C)C)cs1. The van der Waals surface area contributed by atoms with E-state index in [1.54, 1.807) is 0 Å². The number of hydrogen-bond donors (Lipinski definition) is 2. The molecule has 0 saturated carbocycles. The summed E-state index contributed by atoms with van der Waals surface area (Å²) in [4.78, 5) is 17.9. The second-order valence-electron chi connectivity index (χ2n) is 4.30. The van der Waals surface area contributed by atoms with Crippen molar-refractivity contribution in [1.82, 2.24) is 15.2 Å². The number of thiazole rings is 1. The van der Waals surface area contributed by atoms with E-state index >= 15 is 0 Å². The predicted molar refractivity (Wildman–Crippen MR) is 70.0 cm³/mol. The molecule has 0 aliphatic rings. The number of aromatic nitrogens is 1. The van der Waals surface area contributed by atoms with E-state index in [2.05, 4.69) is 10.3 Å². The Kier molecular flexibility index (Phi) is 5.54. The summed E-state index contributed by atoms with van der Waals surface area (Å²) >= 11 is 1.50. The second kappa shape index (κ2) is 6.68. The third-order valence-electron chi connectivity index (χ3n) is 2.18. The highest BCUT2D eigenvalue weighted by Gasteiger charge is 2.09. The maximum atomic E-state index is 11.6. The van der Waals surface area contributed by atoms with Gasteiger partial charge in [-0.05, 0) is 21.0 Å². The third-order valence-corrected chi connectivity index (χ3v) is 3.28. The van der Waals surface area contributed by atoms with E-state index in [1.807, 2.05) is 31.3 Å². The van der Waals surface area contributed by atoms with Gasteiger partial charge in [-0.15, -0.1) is 11.3 Å². The highest BCUT2D eigenvalue weighted by molar-refractivity contribution is 7.09. The Hall–Kier alpha value is -0.980. The van der Waals surface area contributed by atoms with Gasteiger partial charge in [0.2, 0.25) is 5.91 Å². The van der Waals surface area contributed by atoms with Gasteiger partial charge < -0.3 is 16.0 Å². The van der Waals surface area contributed by atoms with Gasteiger partial charge in [-0.25, -0.2) is 4.98 Å². The molecule has 1 aromatic rings. The van der Waals surface area contributed by atoms with Crippen molar-refractivity contribution < 1.29 is 4.79 Å². The molecule has 96 valence electrons. The Morgan fingerprint density at radius 3 is 2.88 bits per heavy atom. The van der Waals surface area contributed by atoms with Crippen molar-refractivity contribution >= 4 is 17.2 Å². The average molecular weight is 256 g/mol. The maximum absolute atomic E-state index is 11.6. The van der Waals surface area contributed by atoms with Gasteiger partial charge in [-0.3, -0.25) is 4.79 Å². The van der Waals surface area contributed by atoms with E-state index in [9.17, 15) is 4.79 Å². The average Bonchev–Trinajstić information content (AvgIpc) is 2.65. The van der Waals surface area contributed by atoms with Crippen LogP contribution in [0.3, 0.4) is 0 Å². The van der Waals surface area contributed by atoms with Crippen LogP contribution in [0.1, 0.15) is 23.7 Å². The summed E-state index contributed by atoms with van der Waals surface area (Å²) in [6.45, 7) is 3.39. The zero-order valence-electron chi connectivity index (χ0n) is 10.6. The summed E-state index contributed by atoms with van der Waals surface area (Å²) in [5.74, 6) is 0.00775. The highest BCUT2D eigenvalue weighted by atomic mass is 32.1. The number of nitrogens with zero attached hydrogens (tertiary/aromatic N) is 2. The van der Waals surface area contributed by atoms with Crippen LogP contribution in [0, 0.1) is 0 Å². The lowest BCUT2D eigenvalue weighted by atomic mass is 10.3. The van der Waals surface area contributed by atoms with Gasteiger partial charge in [0.25, 0.3) is 0 Å². The van der Waals surface area contributed by atoms with E-state index in [0.717, 1.165) is 17.2 Å². The molecule has 1 aromatic heterocycles. The molecule has 0 aliphatic carbocycles. The van der Waals surface area contributed by atoms with Crippen molar-refractivity contribution in [1.29, 1.82) is 0 Å². The standard InChI is InChI=1S/C11H20N4OS/c1-8(12)11-14-9(7-17-11)6-10(16)13-4-5-15(2)3/h7-8H,4-6,12H2,1-3H3,(H,13,16). The molecule has 1 amide bonds. The van der Waals surface area contributed by atoms with Gasteiger partial charge in [-0.2, -0.15) is 0 Å². The summed E-state index contributed by atoms with van der Waals surface area (Å²) in [7, 11) is 3.95. The Morgan fingerprint density at radius 2 is 2.35 bits per heavy atom. The van der Waals surface area contributed by atoms with Crippen LogP contribution in [0.4, 0.5) is 0 Å². The van der Waals surface area contributed by atoms with Crippen molar-refractivity contribution in [2.45, 2.75) is 19.4 Å². The molecule has 0 bridgehead atoms. The Morgan fingerprint density at radius 1 is 1.65 bits per heavy atom. The Balaban J connectivity index is 2.34. The molecule has 0 radical (unpaired) electrons. The van der Waals surface area contributed by atoms with Gasteiger partial charge in [-0.1, -0.05) is 0 Å². The van der Waals surface area contributed by atoms with Crippen LogP contribution < -0.4 is 11.1 Å². The molecule has 17 heavy (non-hydrogen) atoms. The highest BCUT2D eigenvalue weighted by Crippen LogP contribution is 2.15. The van der Waals surface area contributed by atoms with Crippen LogP contribution in [-0.4, -0.2) is 43.0 Å². The van der Waals surface area contributed by atoms with Crippen molar-refractivity contribution in [2.75, 3.05) is 27.2 Å². The number of amides is 1. The topological polar surface area (TPSA) is 71.2 Å². The zero-order chi connectivity index (χ0) is 12.8. The largest absolute Gasteiger partial charge is 0.354 e. The lowest BCUT2D eigenvalue weighted by molar-refractivity contribution is -0.120. The van der Waals surface area contributed by atoms with Gasteiger partial charge in [0.15, 0.2) is 0 Å². The van der Waals surface area contributed by atoms with E-state index in [0.29, 0.717) is 13.0 Å². The van der Waals surface area contributed by atoms with E-state index in [1.165, 1.54) is 11.3 Å². The zero-order valence-corrected chi connectivity index (χ0v) is 11.4. The van der Waals surface area contributed by atoms with Crippen LogP contribution in [0.5, 0.6) is 0 Å². The number of nitrogens with two attached hydrogens (primary N) is 1. The van der Waals surface area contributed by atoms with E-state index in [-0.39, 0.29) is 11.9 Å². The maximum Gasteiger partial charge on any atom is 0.226 e. The normalized spacial score (nSPS) is 12.8. The van der Waals surface area contributed by atoms with Crippen molar-refractivity contribution in [3.8, 4) is 0 Å². The predicted octanol–water partition coefficient (Wildman–Crippen LogP) is 0.383. The molecule has 1 heterocycles. The fourth-order valence-corrected chi connectivity index (χ4v) is 2.04. The molecular formula is C11H20N4OS. The lowest BCUT2D eigenvalue weighted by Gasteiger charge is -2.09. The number of nitrogens with one attached hydrogen (secondary N) is 1.